The van der Waals surface area contributed by atoms with Crippen molar-refractivity contribution in [3.63, 3.8) is 0 Å². The van der Waals surface area contributed by atoms with Gasteiger partial charge in [0.15, 0.2) is 0 Å². The van der Waals surface area contributed by atoms with Gasteiger partial charge < -0.3 is 14.6 Å². The minimum Gasteiger partial charge on any atom is -0.381 e. The summed E-state index contributed by atoms with van der Waals surface area (Å²) in [6.07, 6.45) is 12.4. The zero-order valence-electron chi connectivity index (χ0n) is 16.9. The standard InChI is InChI=1S/C23H22N6O2/c30-22(28-21-2-1-17(13-27-21)20-14-24-8-9-25-20)15-29-10-4-19-18(3-7-26-23(19)29)16-5-11-31-12-6-16/h1-4,7-10,13-14,16H,5-6,11-12,15H2,(H,27,28,30). The summed E-state index contributed by atoms with van der Waals surface area (Å²) < 4.78 is 7.37. The molecule has 0 atom stereocenters. The molecule has 1 fully saturated rings. The summed E-state index contributed by atoms with van der Waals surface area (Å²) >= 11 is 0. The molecule has 156 valence electrons. The number of carbonyl (C=O) groups excluding carboxylic acids is 1. The molecule has 5 heterocycles. The molecule has 5 rings (SSSR count). The van der Waals surface area contributed by atoms with E-state index >= 15 is 0 Å². The number of pyridine rings is 2. The van der Waals surface area contributed by atoms with Crippen LogP contribution in [0, 0.1) is 0 Å². The SMILES string of the molecule is O=C(Cn1ccc2c(C3CCOCC3)ccnc21)Nc1ccc(-c2cnccn2)cn1. The van der Waals surface area contributed by atoms with Crippen molar-refractivity contribution >= 4 is 22.8 Å². The van der Waals surface area contributed by atoms with Gasteiger partial charge in [-0.15, -0.1) is 0 Å². The maximum atomic E-state index is 12.6. The van der Waals surface area contributed by atoms with E-state index in [1.54, 1.807) is 30.9 Å². The summed E-state index contributed by atoms with van der Waals surface area (Å²) in [6, 6.07) is 7.76. The van der Waals surface area contributed by atoms with Gasteiger partial charge in [0, 0.05) is 55.1 Å². The first-order chi connectivity index (χ1) is 15.3. The van der Waals surface area contributed by atoms with Crippen LogP contribution in [-0.4, -0.2) is 43.6 Å². The highest BCUT2D eigenvalue weighted by molar-refractivity contribution is 5.91. The fourth-order valence-electron chi connectivity index (χ4n) is 4.01. The van der Waals surface area contributed by atoms with Gasteiger partial charge in [0.25, 0.3) is 0 Å². The number of nitrogens with one attached hydrogen (secondary N) is 1. The molecule has 1 aliphatic heterocycles. The molecule has 31 heavy (non-hydrogen) atoms. The number of anilines is 1. The van der Waals surface area contributed by atoms with Crippen molar-refractivity contribution in [3.8, 4) is 11.3 Å². The molecular weight excluding hydrogens is 392 g/mol. The van der Waals surface area contributed by atoms with Gasteiger partial charge in [-0.3, -0.25) is 14.8 Å². The van der Waals surface area contributed by atoms with Crippen molar-refractivity contribution in [2.45, 2.75) is 25.3 Å². The van der Waals surface area contributed by atoms with Crippen LogP contribution in [-0.2, 0) is 16.1 Å². The van der Waals surface area contributed by atoms with Crippen molar-refractivity contribution in [1.82, 2.24) is 24.5 Å². The summed E-state index contributed by atoms with van der Waals surface area (Å²) in [7, 11) is 0. The second-order valence-electron chi connectivity index (χ2n) is 7.54. The third-order valence-electron chi connectivity index (χ3n) is 5.56. The normalized spacial score (nSPS) is 14.6. The molecule has 8 heteroatoms. The zero-order chi connectivity index (χ0) is 21.0. The maximum absolute atomic E-state index is 12.6. The third-order valence-corrected chi connectivity index (χ3v) is 5.56. The number of aromatic nitrogens is 5. The number of ether oxygens (including phenoxy) is 1. The Bertz CT molecular complexity index is 1180. The number of hydrogen-bond donors (Lipinski definition) is 1. The van der Waals surface area contributed by atoms with Crippen LogP contribution in [0.4, 0.5) is 5.82 Å². The summed E-state index contributed by atoms with van der Waals surface area (Å²) in [6.45, 7) is 1.75. The number of amides is 1. The molecule has 1 amide bonds. The van der Waals surface area contributed by atoms with Crippen LogP contribution in [0.25, 0.3) is 22.3 Å². The van der Waals surface area contributed by atoms with Crippen LogP contribution >= 0.6 is 0 Å². The summed E-state index contributed by atoms with van der Waals surface area (Å²) in [5.41, 5.74) is 3.68. The van der Waals surface area contributed by atoms with Gasteiger partial charge in [-0.05, 0) is 48.6 Å². The first-order valence-electron chi connectivity index (χ1n) is 10.3. The Morgan fingerprint density at radius 2 is 1.94 bits per heavy atom. The molecule has 0 bridgehead atoms. The molecule has 0 radical (unpaired) electrons. The van der Waals surface area contributed by atoms with Gasteiger partial charge in [0.1, 0.15) is 18.0 Å². The zero-order valence-corrected chi connectivity index (χ0v) is 16.9. The first-order valence-corrected chi connectivity index (χ1v) is 10.3. The van der Waals surface area contributed by atoms with Crippen molar-refractivity contribution in [1.29, 1.82) is 0 Å². The monoisotopic (exact) mass is 414 g/mol. The molecule has 4 aromatic heterocycles. The molecule has 0 saturated carbocycles. The quantitative estimate of drug-likeness (QED) is 0.538. The molecule has 4 aromatic rings. The van der Waals surface area contributed by atoms with E-state index in [4.69, 9.17) is 4.74 Å². The number of carbonyl (C=O) groups is 1. The highest BCUT2D eigenvalue weighted by Crippen LogP contribution is 2.32. The summed E-state index contributed by atoms with van der Waals surface area (Å²) in [5.74, 6) is 0.807. The Balaban J connectivity index is 1.29. The first kappa shape index (κ1) is 19.3. The lowest BCUT2D eigenvalue weighted by molar-refractivity contribution is -0.116. The molecule has 0 unspecified atom stereocenters. The van der Waals surface area contributed by atoms with Gasteiger partial charge >= 0.3 is 0 Å². The van der Waals surface area contributed by atoms with Crippen LogP contribution in [0.2, 0.25) is 0 Å². The third kappa shape index (κ3) is 4.15. The van der Waals surface area contributed by atoms with Gasteiger partial charge in [-0.1, -0.05) is 0 Å². The molecule has 0 aromatic carbocycles. The van der Waals surface area contributed by atoms with E-state index in [2.05, 4.69) is 31.3 Å². The average molecular weight is 414 g/mol. The van der Waals surface area contributed by atoms with Gasteiger partial charge in [0.05, 0.1) is 11.9 Å². The second kappa shape index (κ2) is 8.61. The van der Waals surface area contributed by atoms with E-state index in [1.807, 2.05) is 29.1 Å². The van der Waals surface area contributed by atoms with Crippen LogP contribution in [0.1, 0.15) is 24.3 Å². The van der Waals surface area contributed by atoms with E-state index < -0.39 is 0 Å². The number of nitrogens with zero attached hydrogens (tertiary/aromatic N) is 5. The van der Waals surface area contributed by atoms with Crippen molar-refractivity contribution < 1.29 is 9.53 Å². The molecule has 1 aliphatic rings. The van der Waals surface area contributed by atoms with Gasteiger partial charge in [-0.2, -0.15) is 0 Å². The van der Waals surface area contributed by atoms with Crippen molar-refractivity contribution in [2.24, 2.45) is 0 Å². The summed E-state index contributed by atoms with van der Waals surface area (Å²) in [5, 5.41) is 3.96. The topological polar surface area (TPSA) is 94.8 Å². The van der Waals surface area contributed by atoms with Crippen LogP contribution in [0.15, 0.2) is 61.4 Å². The van der Waals surface area contributed by atoms with E-state index in [0.29, 0.717) is 11.7 Å². The lowest BCUT2D eigenvalue weighted by atomic mass is 9.90. The summed E-state index contributed by atoms with van der Waals surface area (Å²) in [4.78, 5) is 29.8. The highest BCUT2D eigenvalue weighted by atomic mass is 16.5. The van der Waals surface area contributed by atoms with Gasteiger partial charge in [-0.25, -0.2) is 9.97 Å². The second-order valence-corrected chi connectivity index (χ2v) is 7.54. The highest BCUT2D eigenvalue weighted by Gasteiger charge is 2.20. The Morgan fingerprint density at radius 1 is 1.03 bits per heavy atom. The van der Waals surface area contributed by atoms with Crippen LogP contribution in [0.3, 0.4) is 0 Å². The number of rotatable bonds is 5. The smallest absolute Gasteiger partial charge is 0.245 e. The minimum atomic E-state index is -0.157. The predicted molar refractivity (Wildman–Crippen MR) is 116 cm³/mol. The van der Waals surface area contributed by atoms with Crippen LogP contribution in [0.5, 0.6) is 0 Å². The maximum Gasteiger partial charge on any atom is 0.245 e. The number of fused-ring (bicyclic) bond motifs is 1. The largest absolute Gasteiger partial charge is 0.381 e. The Kier molecular flexibility index (Phi) is 5.37. The molecule has 0 spiro atoms. The van der Waals surface area contributed by atoms with Crippen molar-refractivity contribution in [2.75, 3.05) is 18.5 Å². The molecule has 1 saturated heterocycles. The van der Waals surface area contributed by atoms with Gasteiger partial charge in [0.2, 0.25) is 5.91 Å². The Morgan fingerprint density at radius 3 is 2.71 bits per heavy atom. The predicted octanol–water partition coefficient (Wildman–Crippen LogP) is 3.42. The van der Waals surface area contributed by atoms with E-state index in [9.17, 15) is 4.79 Å². The van der Waals surface area contributed by atoms with Crippen LogP contribution < -0.4 is 5.32 Å². The lowest BCUT2D eigenvalue weighted by Gasteiger charge is -2.22. The Hall–Kier alpha value is -3.65. The lowest BCUT2D eigenvalue weighted by Crippen LogP contribution is -2.19. The molecule has 0 aliphatic carbocycles. The fraction of sp³-hybridized carbons (Fsp3) is 0.261. The Labute approximate surface area is 179 Å². The molecular formula is C23H22N6O2. The number of hydrogen-bond acceptors (Lipinski definition) is 6. The molecule has 1 N–H and O–H groups in total. The van der Waals surface area contributed by atoms with Crippen molar-refractivity contribution in [3.05, 3.63) is 67.0 Å². The average Bonchev–Trinajstić information content (AvgIpc) is 3.23. The van der Waals surface area contributed by atoms with E-state index in [0.717, 1.165) is 48.3 Å². The fourth-order valence-corrected chi connectivity index (χ4v) is 4.01. The van der Waals surface area contributed by atoms with E-state index in [-0.39, 0.29) is 12.5 Å². The van der Waals surface area contributed by atoms with E-state index in [1.165, 1.54) is 5.56 Å². The minimum absolute atomic E-state index is 0.157. The molecule has 8 nitrogen and oxygen atoms in total.